The molecule has 3 aromatic rings. The van der Waals surface area contributed by atoms with Crippen molar-refractivity contribution in [3.05, 3.63) is 58.0 Å². The first-order chi connectivity index (χ1) is 11.6. The summed E-state index contributed by atoms with van der Waals surface area (Å²) in [5, 5.41) is 13.1. The van der Waals surface area contributed by atoms with Crippen LogP contribution in [-0.4, -0.2) is 16.7 Å². The average molecular weight is 359 g/mol. The molecule has 0 saturated carbocycles. The van der Waals surface area contributed by atoms with Gasteiger partial charge in [-0.1, -0.05) is 41.3 Å². The van der Waals surface area contributed by atoms with E-state index in [0.717, 1.165) is 31.5 Å². The zero-order valence-electron chi connectivity index (χ0n) is 13.5. The molecule has 0 aliphatic carbocycles. The van der Waals surface area contributed by atoms with Crippen molar-refractivity contribution < 1.29 is 4.42 Å². The molecule has 3 rings (SSSR count). The van der Waals surface area contributed by atoms with Crippen molar-refractivity contribution in [1.29, 1.82) is 0 Å². The predicted octanol–water partition coefficient (Wildman–Crippen LogP) is 4.15. The van der Waals surface area contributed by atoms with Gasteiger partial charge in [-0.15, -0.1) is 16.8 Å². The van der Waals surface area contributed by atoms with Crippen LogP contribution in [0.1, 0.15) is 16.7 Å². The number of hydrogen-bond donors (Lipinski definition) is 1. The molecule has 1 aromatic carbocycles. The first-order valence-corrected chi connectivity index (χ1v) is 9.22. The fourth-order valence-corrected chi connectivity index (χ4v) is 4.03. The van der Waals surface area contributed by atoms with Crippen molar-refractivity contribution >= 4 is 39.2 Å². The highest BCUT2D eigenvalue weighted by Gasteiger charge is 2.11. The number of thioether (sulfide) groups is 1. The van der Waals surface area contributed by atoms with E-state index >= 15 is 0 Å². The third-order valence-corrected chi connectivity index (χ3v) is 5.74. The third kappa shape index (κ3) is 3.52. The number of nitrogens with zero attached hydrogens (tertiary/aromatic N) is 2. The Bertz CT molecular complexity index is 947. The highest BCUT2D eigenvalue weighted by molar-refractivity contribution is 8.00. The Labute approximate surface area is 147 Å². The summed E-state index contributed by atoms with van der Waals surface area (Å²) in [7, 11) is 0. The van der Waals surface area contributed by atoms with Gasteiger partial charge in [0.15, 0.2) is 4.34 Å². The van der Waals surface area contributed by atoms with E-state index < -0.39 is 0 Å². The van der Waals surface area contributed by atoms with Crippen LogP contribution in [0.3, 0.4) is 0 Å². The lowest BCUT2D eigenvalue weighted by Crippen LogP contribution is -2.01. The molecule has 24 heavy (non-hydrogen) atoms. The highest BCUT2D eigenvalue weighted by Crippen LogP contribution is 2.31. The maximum atomic E-state index is 11.9. The van der Waals surface area contributed by atoms with E-state index in [4.69, 9.17) is 4.42 Å². The maximum Gasteiger partial charge on any atom is 0.336 e. The minimum Gasteiger partial charge on any atom is -0.422 e. The average Bonchev–Trinajstić information content (AvgIpc) is 3.02. The van der Waals surface area contributed by atoms with Crippen molar-refractivity contribution in [1.82, 2.24) is 10.2 Å². The van der Waals surface area contributed by atoms with Gasteiger partial charge in [-0.2, -0.15) is 0 Å². The molecule has 0 aliphatic heterocycles. The quantitative estimate of drug-likeness (QED) is 0.405. The van der Waals surface area contributed by atoms with Crippen LogP contribution in [0, 0.1) is 13.8 Å². The molecule has 7 heteroatoms. The summed E-state index contributed by atoms with van der Waals surface area (Å²) in [4.78, 5) is 11.9. The Kier molecular flexibility index (Phi) is 5.01. The second-order valence-corrected chi connectivity index (χ2v) is 7.51. The van der Waals surface area contributed by atoms with Crippen LogP contribution in [0.25, 0.3) is 11.0 Å². The molecule has 5 nitrogen and oxygen atoms in total. The van der Waals surface area contributed by atoms with Gasteiger partial charge in [0, 0.05) is 23.8 Å². The molecule has 2 heterocycles. The molecule has 0 spiro atoms. The second-order valence-electron chi connectivity index (χ2n) is 5.31. The predicted molar refractivity (Wildman–Crippen MR) is 100 cm³/mol. The fraction of sp³-hybridized carbons (Fsp3) is 0.235. The van der Waals surface area contributed by atoms with E-state index in [1.54, 1.807) is 23.9 Å². The molecule has 0 radical (unpaired) electrons. The van der Waals surface area contributed by atoms with Gasteiger partial charge in [-0.25, -0.2) is 4.79 Å². The molecule has 1 N–H and O–H groups in total. The monoisotopic (exact) mass is 359 g/mol. The Hall–Kier alpha value is -2.12. The minimum absolute atomic E-state index is 0.322. The number of anilines is 1. The summed E-state index contributed by atoms with van der Waals surface area (Å²) in [6.45, 7) is 8.30. The molecule has 124 valence electrons. The van der Waals surface area contributed by atoms with Gasteiger partial charge in [0.2, 0.25) is 5.13 Å². The van der Waals surface area contributed by atoms with Crippen molar-refractivity contribution in [2.45, 2.75) is 23.9 Å². The summed E-state index contributed by atoms with van der Waals surface area (Å²) < 4.78 is 6.26. The molecular formula is C17H17N3O2S2. The SMILES string of the molecule is C=CCNc1nnc(SCc2cc(=O)oc3c(C)c(C)ccc23)s1. The molecule has 0 atom stereocenters. The minimum atomic E-state index is -0.322. The van der Waals surface area contributed by atoms with Crippen molar-refractivity contribution in [3.8, 4) is 0 Å². The van der Waals surface area contributed by atoms with Crippen molar-refractivity contribution in [3.63, 3.8) is 0 Å². The van der Waals surface area contributed by atoms with Crippen molar-refractivity contribution in [2.24, 2.45) is 0 Å². The standard InChI is InChI=1S/C17H17N3O2S2/c1-4-7-18-16-19-20-17(24-16)23-9-12-8-14(21)22-15-11(3)10(2)5-6-13(12)15/h4-6,8H,1,7,9H2,2-3H3,(H,18,19). The largest absolute Gasteiger partial charge is 0.422 e. The van der Waals surface area contributed by atoms with E-state index in [0.29, 0.717) is 17.9 Å². The Morgan fingerprint density at radius 3 is 3.00 bits per heavy atom. The van der Waals surface area contributed by atoms with E-state index in [1.165, 1.54) is 11.3 Å². The summed E-state index contributed by atoms with van der Waals surface area (Å²) in [6.07, 6.45) is 1.77. The van der Waals surface area contributed by atoms with Gasteiger partial charge in [-0.05, 0) is 30.5 Å². The summed E-state index contributed by atoms with van der Waals surface area (Å²) in [5.74, 6) is 0.640. The fourth-order valence-electron chi connectivity index (χ4n) is 2.28. The second kappa shape index (κ2) is 7.19. The van der Waals surface area contributed by atoms with Crippen LogP contribution in [0.4, 0.5) is 5.13 Å². The molecule has 0 bridgehead atoms. The lowest BCUT2D eigenvalue weighted by atomic mass is 10.0. The Morgan fingerprint density at radius 2 is 2.21 bits per heavy atom. The van der Waals surface area contributed by atoms with E-state index in [2.05, 4.69) is 22.1 Å². The molecule has 0 saturated heterocycles. The van der Waals surface area contributed by atoms with E-state index in [-0.39, 0.29) is 5.63 Å². The summed E-state index contributed by atoms with van der Waals surface area (Å²) in [6, 6.07) is 5.61. The zero-order chi connectivity index (χ0) is 17.1. The maximum absolute atomic E-state index is 11.9. The number of benzene rings is 1. The normalized spacial score (nSPS) is 10.9. The summed E-state index contributed by atoms with van der Waals surface area (Å²) in [5.41, 5.74) is 3.41. The first kappa shape index (κ1) is 16.7. The zero-order valence-corrected chi connectivity index (χ0v) is 15.1. The molecule has 0 amide bonds. The smallest absolute Gasteiger partial charge is 0.336 e. The number of fused-ring (bicyclic) bond motifs is 1. The lowest BCUT2D eigenvalue weighted by molar-refractivity contribution is 0.557. The third-order valence-electron chi connectivity index (χ3n) is 3.67. The van der Waals surface area contributed by atoms with Gasteiger partial charge in [-0.3, -0.25) is 0 Å². The number of hydrogen-bond acceptors (Lipinski definition) is 7. The van der Waals surface area contributed by atoms with Crippen LogP contribution in [0.5, 0.6) is 0 Å². The van der Waals surface area contributed by atoms with E-state index in [9.17, 15) is 4.79 Å². The van der Waals surface area contributed by atoms with Gasteiger partial charge in [0.05, 0.1) is 0 Å². The number of nitrogens with one attached hydrogen (secondary N) is 1. The van der Waals surface area contributed by atoms with Crippen LogP contribution in [0.2, 0.25) is 0 Å². The highest BCUT2D eigenvalue weighted by atomic mass is 32.2. The first-order valence-electron chi connectivity index (χ1n) is 7.42. The Balaban J connectivity index is 1.85. The molecular weight excluding hydrogens is 342 g/mol. The van der Waals surface area contributed by atoms with Crippen molar-refractivity contribution in [2.75, 3.05) is 11.9 Å². The molecule has 2 aromatic heterocycles. The summed E-state index contributed by atoms with van der Waals surface area (Å²) >= 11 is 3.05. The number of aryl methyl sites for hydroxylation is 2. The van der Waals surface area contributed by atoms with Crippen LogP contribution in [-0.2, 0) is 5.75 Å². The Morgan fingerprint density at radius 1 is 1.38 bits per heavy atom. The number of rotatable bonds is 6. The van der Waals surface area contributed by atoms with Crippen LogP contribution < -0.4 is 10.9 Å². The molecule has 0 fully saturated rings. The lowest BCUT2D eigenvalue weighted by Gasteiger charge is -2.08. The van der Waals surface area contributed by atoms with Gasteiger partial charge in [0.1, 0.15) is 5.58 Å². The van der Waals surface area contributed by atoms with Crippen LogP contribution in [0.15, 0.2) is 44.4 Å². The van der Waals surface area contributed by atoms with E-state index in [1.807, 2.05) is 26.0 Å². The molecule has 0 aliphatic rings. The van der Waals surface area contributed by atoms with Gasteiger partial charge >= 0.3 is 5.63 Å². The van der Waals surface area contributed by atoms with Crippen LogP contribution >= 0.6 is 23.1 Å². The topological polar surface area (TPSA) is 68.0 Å². The number of aromatic nitrogens is 2. The van der Waals surface area contributed by atoms with Gasteiger partial charge < -0.3 is 9.73 Å². The molecule has 0 unspecified atom stereocenters. The van der Waals surface area contributed by atoms with Gasteiger partial charge in [0.25, 0.3) is 0 Å².